The monoisotopic (exact) mass is 662 g/mol. The molecule has 12 heteroatoms. The van der Waals surface area contributed by atoms with Crippen LogP contribution >= 0.6 is 0 Å². The molecule has 0 atom stereocenters. The lowest BCUT2D eigenvalue weighted by atomic mass is 9.91. The zero-order valence-corrected chi connectivity index (χ0v) is 28.0. The molecule has 0 radical (unpaired) electrons. The van der Waals surface area contributed by atoms with Crippen LogP contribution in [0.1, 0.15) is 74.9 Å². The average molecular weight is 663 g/mol. The van der Waals surface area contributed by atoms with Gasteiger partial charge in [-0.2, -0.15) is 5.10 Å². The number of carbonyl (C=O) groups is 1. The van der Waals surface area contributed by atoms with Gasteiger partial charge in [0.1, 0.15) is 0 Å². The Kier molecular flexibility index (Phi) is 9.48. The third-order valence-electron chi connectivity index (χ3n) is 9.93. The topological polar surface area (TPSA) is 86.9 Å². The van der Waals surface area contributed by atoms with E-state index < -0.39 is 12.7 Å². The standard InChI is InChI=1S/C36H44F2N6O4/c1-4-47-34(48-5-2)22-42-20-29(28-19-39-12-8-31(28)42)26-17-24-7-6-13-43(33(24)18-27(26)35(37)38)36-30-21-41(23(3)45)14-9-32(30)44(40-36)25-10-15-46-16-11-25/h8,12,17-20,25,34-35H,4-7,9-11,13-16,21-22H2,1-3H3. The lowest BCUT2D eigenvalue weighted by Crippen LogP contribution is -2.36. The molecule has 3 aliphatic heterocycles. The van der Waals surface area contributed by atoms with Crippen molar-refractivity contribution in [3.8, 4) is 11.1 Å². The normalized spacial score (nSPS) is 17.1. The Bertz CT molecular complexity index is 1780. The molecule has 1 amide bonds. The number of aromatic nitrogens is 4. The number of anilines is 2. The van der Waals surface area contributed by atoms with E-state index in [1.54, 1.807) is 25.4 Å². The minimum absolute atomic E-state index is 0.0246. The van der Waals surface area contributed by atoms with Crippen LogP contribution in [0.2, 0.25) is 0 Å². The van der Waals surface area contributed by atoms with E-state index in [-0.39, 0.29) is 17.5 Å². The van der Waals surface area contributed by atoms with E-state index in [1.807, 2.05) is 41.6 Å². The molecule has 0 spiro atoms. The molecule has 3 aliphatic rings. The molecule has 1 saturated heterocycles. The van der Waals surface area contributed by atoms with Crippen molar-refractivity contribution in [2.24, 2.45) is 0 Å². The number of rotatable bonds is 10. The van der Waals surface area contributed by atoms with Crippen LogP contribution in [0.5, 0.6) is 0 Å². The summed E-state index contributed by atoms with van der Waals surface area (Å²) in [6, 6.07) is 5.73. The number of alkyl halides is 2. The molecule has 3 aromatic heterocycles. The van der Waals surface area contributed by atoms with Crippen molar-refractivity contribution in [2.45, 2.75) is 84.7 Å². The molecule has 1 fully saturated rings. The van der Waals surface area contributed by atoms with Gasteiger partial charge in [-0.15, -0.1) is 0 Å². The Labute approximate surface area is 279 Å². The fraction of sp³-hybridized carbons (Fsp3) is 0.528. The van der Waals surface area contributed by atoms with Crippen LogP contribution in [0.3, 0.4) is 0 Å². The van der Waals surface area contributed by atoms with Crippen LogP contribution in [-0.4, -0.2) is 75.9 Å². The first kappa shape index (κ1) is 32.7. The largest absolute Gasteiger partial charge is 0.381 e. The van der Waals surface area contributed by atoms with Crippen LogP contribution in [0.4, 0.5) is 20.3 Å². The molecule has 1 aromatic carbocycles. The van der Waals surface area contributed by atoms with Gasteiger partial charge in [-0.05, 0) is 68.9 Å². The molecule has 6 heterocycles. The third-order valence-corrected chi connectivity index (χ3v) is 9.93. The van der Waals surface area contributed by atoms with E-state index >= 15 is 8.78 Å². The maximum Gasteiger partial charge on any atom is 0.264 e. The summed E-state index contributed by atoms with van der Waals surface area (Å²) in [5, 5.41) is 6.01. The van der Waals surface area contributed by atoms with Crippen LogP contribution in [0, 0.1) is 0 Å². The van der Waals surface area contributed by atoms with E-state index in [4.69, 9.17) is 19.3 Å². The highest BCUT2D eigenvalue weighted by atomic mass is 19.3. The zero-order valence-electron chi connectivity index (χ0n) is 28.0. The predicted molar refractivity (Wildman–Crippen MR) is 179 cm³/mol. The van der Waals surface area contributed by atoms with Crippen LogP contribution in [0.25, 0.3) is 22.0 Å². The Hall–Kier alpha value is -3.87. The fourth-order valence-corrected chi connectivity index (χ4v) is 7.62. The number of aryl methyl sites for hydroxylation is 1. The van der Waals surface area contributed by atoms with Gasteiger partial charge < -0.3 is 28.6 Å². The number of hydrogen-bond donors (Lipinski definition) is 0. The Morgan fingerprint density at radius 1 is 1.08 bits per heavy atom. The Morgan fingerprint density at radius 3 is 2.60 bits per heavy atom. The molecule has 4 aromatic rings. The number of nitrogens with zero attached hydrogens (tertiary/aromatic N) is 6. The minimum atomic E-state index is -2.70. The van der Waals surface area contributed by atoms with Gasteiger partial charge in [0.25, 0.3) is 6.43 Å². The molecule has 0 N–H and O–H groups in total. The molecule has 0 saturated carbocycles. The first-order valence-electron chi connectivity index (χ1n) is 17.2. The van der Waals surface area contributed by atoms with E-state index in [0.717, 1.165) is 64.9 Å². The molecule has 0 aliphatic carbocycles. The van der Waals surface area contributed by atoms with Crippen molar-refractivity contribution in [1.82, 2.24) is 24.2 Å². The smallest absolute Gasteiger partial charge is 0.264 e. The molecule has 256 valence electrons. The Morgan fingerprint density at radius 2 is 1.88 bits per heavy atom. The summed E-state index contributed by atoms with van der Waals surface area (Å²) >= 11 is 0. The molecule has 48 heavy (non-hydrogen) atoms. The maximum absolute atomic E-state index is 15.1. The summed E-state index contributed by atoms with van der Waals surface area (Å²) in [6.45, 7) is 9.99. The highest BCUT2D eigenvalue weighted by Crippen LogP contribution is 2.45. The quantitative estimate of drug-likeness (QED) is 0.178. The lowest BCUT2D eigenvalue weighted by Gasteiger charge is -2.33. The SMILES string of the molecule is CCOC(Cn1cc(-c2cc3c(cc2C(F)F)N(c2nn(C4CCOCC4)c4c2CN(C(C)=O)CC4)CCC3)c2cnccc21)OCC. The van der Waals surface area contributed by atoms with Gasteiger partial charge in [0, 0.05) is 105 Å². The summed E-state index contributed by atoms with van der Waals surface area (Å²) < 4.78 is 51.7. The summed E-state index contributed by atoms with van der Waals surface area (Å²) in [7, 11) is 0. The maximum atomic E-state index is 15.1. The predicted octanol–water partition coefficient (Wildman–Crippen LogP) is 6.58. The summed E-state index contributed by atoms with van der Waals surface area (Å²) in [4.78, 5) is 20.8. The van der Waals surface area contributed by atoms with Crippen molar-refractivity contribution >= 4 is 28.3 Å². The molecule has 7 rings (SSSR count). The van der Waals surface area contributed by atoms with Crippen LogP contribution in [-0.2, 0) is 44.9 Å². The second-order valence-corrected chi connectivity index (χ2v) is 12.8. The second-order valence-electron chi connectivity index (χ2n) is 12.8. The van der Waals surface area contributed by atoms with Gasteiger partial charge in [0.05, 0.1) is 24.6 Å². The number of halogens is 2. The number of pyridine rings is 1. The molecular weight excluding hydrogens is 618 g/mol. The number of carbonyl (C=O) groups excluding carboxylic acids is 1. The molecule has 0 bridgehead atoms. The Balaban J connectivity index is 1.33. The van der Waals surface area contributed by atoms with Crippen molar-refractivity contribution in [3.63, 3.8) is 0 Å². The number of benzene rings is 1. The summed E-state index contributed by atoms with van der Waals surface area (Å²) in [6.07, 6.45) is 6.29. The summed E-state index contributed by atoms with van der Waals surface area (Å²) in [5.74, 6) is 0.798. The van der Waals surface area contributed by atoms with Crippen molar-refractivity contribution in [3.05, 3.63) is 59.2 Å². The molecular formula is C36H44F2N6O4. The van der Waals surface area contributed by atoms with Gasteiger partial charge in [-0.1, -0.05) is 0 Å². The number of amides is 1. The van der Waals surface area contributed by atoms with E-state index in [9.17, 15) is 4.79 Å². The number of fused-ring (bicyclic) bond motifs is 3. The number of hydrogen-bond acceptors (Lipinski definition) is 7. The van der Waals surface area contributed by atoms with Gasteiger partial charge >= 0.3 is 0 Å². The van der Waals surface area contributed by atoms with Crippen LogP contribution < -0.4 is 4.90 Å². The van der Waals surface area contributed by atoms with Gasteiger partial charge in [-0.25, -0.2) is 8.78 Å². The zero-order chi connectivity index (χ0) is 33.4. The lowest BCUT2D eigenvalue weighted by molar-refractivity contribution is -0.143. The van der Waals surface area contributed by atoms with Gasteiger partial charge in [0.2, 0.25) is 5.91 Å². The van der Waals surface area contributed by atoms with E-state index in [2.05, 4.69) is 14.6 Å². The fourth-order valence-electron chi connectivity index (χ4n) is 7.62. The van der Waals surface area contributed by atoms with Crippen molar-refractivity contribution in [1.29, 1.82) is 0 Å². The van der Waals surface area contributed by atoms with Gasteiger partial charge in [-0.3, -0.25) is 14.5 Å². The molecule has 0 unspecified atom stereocenters. The van der Waals surface area contributed by atoms with Gasteiger partial charge in [0.15, 0.2) is 12.1 Å². The van der Waals surface area contributed by atoms with E-state index in [0.29, 0.717) is 70.2 Å². The number of ether oxygens (including phenoxy) is 3. The highest BCUT2D eigenvalue weighted by molar-refractivity contribution is 5.97. The van der Waals surface area contributed by atoms with Crippen molar-refractivity contribution < 1.29 is 27.8 Å². The second kappa shape index (κ2) is 13.9. The average Bonchev–Trinajstić information content (AvgIpc) is 3.66. The minimum Gasteiger partial charge on any atom is -0.381 e. The van der Waals surface area contributed by atoms with E-state index in [1.165, 1.54) is 0 Å². The summed E-state index contributed by atoms with van der Waals surface area (Å²) in [5.41, 5.74) is 5.98. The third kappa shape index (κ3) is 6.10. The first-order valence-corrected chi connectivity index (χ1v) is 17.2. The first-order chi connectivity index (χ1) is 23.4. The van der Waals surface area contributed by atoms with Crippen LogP contribution in [0.15, 0.2) is 36.8 Å². The van der Waals surface area contributed by atoms with Crippen molar-refractivity contribution in [2.75, 3.05) is 44.4 Å². The molecule has 10 nitrogen and oxygen atoms in total. The highest BCUT2D eigenvalue weighted by Gasteiger charge is 2.34.